The van der Waals surface area contributed by atoms with Crippen LogP contribution in [-0.2, 0) is 0 Å². The molecule has 4 nitrogen and oxygen atoms in total. The number of fused-ring (bicyclic) bond motifs is 1. The molecule has 20 heavy (non-hydrogen) atoms. The summed E-state index contributed by atoms with van der Waals surface area (Å²) in [4.78, 5) is 13.3. The van der Waals surface area contributed by atoms with Gasteiger partial charge < -0.3 is 5.32 Å². The molecular weight excluding hydrogens is 248 g/mol. The average molecular weight is 264 g/mol. The number of benzene rings is 1. The molecule has 4 heteroatoms. The van der Waals surface area contributed by atoms with E-state index in [1.165, 1.54) is 0 Å². The highest BCUT2D eigenvalue weighted by atomic mass is 15.1. The Morgan fingerprint density at radius 1 is 1.10 bits per heavy atom. The van der Waals surface area contributed by atoms with E-state index in [1.54, 1.807) is 0 Å². The summed E-state index contributed by atoms with van der Waals surface area (Å²) in [6.45, 7) is 4.85. The summed E-state index contributed by atoms with van der Waals surface area (Å²) in [5.74, 6) is 0.654. The second-order valence-electron chi connectivity index (χ2n) is 4.67. The van der Waals surface area contributed by atoms with Gasteiger partial charge in [0.25, 0.3) is 0 Å². The fourth-order valence-electron chi connectivity index (χ4n) is 2.18. The number of aromatic nitrogens is 3. The van der Waals surface area contributed by atoms with Crippen molar-refractivity contribution < 1.29 is 0 Å². The Labute approximate surface area is 117 Å². The highest BCUT2D eigenvalue weighted by Crippen LogP contribution is 2.24. The van der Waals surface area contributed by atoms with Crippen LogP contribution in [0.25, 0.3) is 22.2 Å². The van der Waals surface area contributed by atoms with Crippen LogP contribution in [0.1, 0.15) is 12.5 Å². The molecule has 0 amide bonds. The van der Waals surface area contributed by atoms with E-state index in [2.05, 4.69) is 32.4 Å². The van der Waals surface area contributed by atoms with Crippen LogP contribution < -0.4 is 5.32 Å². The molecule has 0 aliphatic rings. The van der Waals surface area contributed by atoms with Crippen molar-refractivity contribution in [2.45, 2.75) is 13.8 Å². The quantitative estimate of drug-likeness (QED) is 0.787. The number of hydrogen-bond donors (Lipinski definition) is 1. The van der Waals surface area contributed by atoms with E-state index in [4.69, 9.17) is 0 Å². The van der Waals surface area contributed by atoms with E-state index in [9.17, 15) is 0 Å². The van der Waals surface area contributed by atoms with Crippen LogP contribution in [0.5, 0.6) is 0 Å². The molecule has 0 saturated carbocycles. The Hall–Kier alpha value is -2.49. The van der Waals surface area contributed by atoms with Crippen LogP contribution in [0.3, 0.4) is 0 Å². The Morgan fingerprint density at radius 2 is 1.95 bits per heavy atom. The van der Waals surface area contributed by atoms with Gasteiger partial charge in [0, 0.05) is 29.9 Å². The first-order valence-corrected chi connectivity index (χ1v) is 6.70. The van der Waals surface area contributed by atoms with Gasteiger partial charge in [0.1, 0.15) is 0 Å². The minimum absolute atomic E-state index is 0.654. The molecule has 1 N–H and O–H groups in total. The van der Waals surface area contributed by atoms with Gasteiger partial charge in [0.2, 0.25) is 5.95 Å². The van der Waals surface area contributed by atoms with Crippen LogP contribution in [0.15, 0.2) is 42.7 Å². The van der Waals surface area contributed by atoms with E-state index in [0.717, 1.165) is 34.3 Å². The standard InChI is InChI=1S/C16H16N4/c1-3-17-16-19-9-11(2)15(20-16)13-8-12-6-4-5-7-14(12)18-10-13/h4-10H,3H2,1-2H3,(H,17,19,20). The third-order valence-electron chi connectivity index (χ3n) is 3.17. The van der Waals surface area contributed by atoms with Crippen molar-refractivity contribution in [2.24, 2.45) is 0 Å². The first-order valence-electron chi connectivity index (χ1n) is 6.70. The van der Waals surface area contributed by atoms with Gasteiger partial charge >= 0.3 is 0 Å². The monoisotopic (exact) mass is 264 g/mol. The Bertz CT molecular complexity index is 752. The smallest absolute Gasteiger partial charge is 0.223 e. The number of nitrogens with zero attached hydrogens (tertiary/aromatic N) is 3. The van der Waals surface area contributed by atoms with Gasteiger partial charge in [-0.05, 0) is 31.5 Å². The Balaban J connectivity index is 2.12. The van der Waals surface area contributed by atoms with E-state index < -0.39 is 0 Å². The normalized spacial score (nSPS) is 10.7. The summed E-state index contributed by atoms with van der Waals surface area (Å²) >= 11 is 0. The lowest BCUT2D eigenvalue weighted by atomic mass is 10.1. The van der Waals surface area contributed by atoms with Crippen LogP contribution in [0.4, 0.5) is 5.95 Å². The minimum atomic E-state index is 0.654. The molecule has 0 atom stereocenters. The van der Waals surface area contributed by atoms with E-state index >= 15 is 0 Å². The number of hydrogen-bond acceptors (Lipinski definition) is 4. The van der Waals surface area contributed by atoms with Gasteiger partial charge in [0.15, 0.2) is 0 Å². The number of nitrogens with one attached hydrogen (secondary N) is 1. The van der Waals surface area contributed by atoms with E-state index in [1.807, 2.05) is 44.4 Å². The van der Waals surface area contributed by atoms with E-state index in [0.29, 0.717) is 5.95 Å². The summed E-state index contributed by atoms with van der Waals surface area (Å²) in [7, 11) is 0. The van der Waals surface area contributed by atoms with Gasteiger partial charge in [-0.15, -0.1) is 0 Å². The molecular formula is C16H16N4. The highest BCUT2D eigenvalue weighted by molar-refractivity contribution is 5.83. The third-order valence-corrected chi connectivity index (χ3v) is 3.17. The van der Waals surface area contributed by atoms with Crippen molar-refractivity contribution in [3.8, 4) is 11.3 Å². The first-order chi connectivity index (χ1) is 9.78. The minimum Gasteiger partial charge on any atom is -0.354 e. The molecule has 0 aliphatic heterocycles. The van der Waals surface area contributed by atoms with Crippen LogP contribution >= 0.6 is 0 Å². The topological polar surface area (TPSA) is 50.7 Å². The summed E-state index contributed by atoms with van der Waals surface area (Å²) in [6.07, 6.45) is 3.71. The van der Waals surface area contributed by atoms with Crippen molar-refractivity contribution in [1.82, 2.24) is 15.0 Å². The van der Waals surface area contributed by atoms with Crippen molar-refractivity contribution >= 4 is 16.9 Å². The molecule has 2 heterocycles. The lowest BCUT2D eigenvalue weighted by Crippen LogP contribution is -2.03. The molecule has 1 aromatic carbocycles. The Kier molecular flexibility index (Phi) is 3.29. The number of anilines is 1. The maximum Gasteiger partial charge on any atom is 0.223 e. The lowest BCUT2D eigenvalue weighted by molar-refractivity contribution is 1.07. The molecule has 100 valence electrons. The summed E-state index contributed by atoms with van der Waals surface area (Å²) < 4.78 is 0. The molecule has 0 spiro atoms. The molecule has 2 aromatic heterocycles. The zero-order valence-electron chi connectivity index (χ0n) is 11.6. The molecule has 3 rings (SSSR count). The maximum absolute atomic E-state index is 4.58. The second-order valence-corrected chi connectivity index (χ2v) is 4.67. The number of aryl methyl sites for hydroxylation is 1. The molecule has 0 fully saturated rings. The average Bonchev–Trinajstić information content (AvgIpc) is 2.49. The fourth-order valence-corrected chi connectivity index (χ4v) is 2.18. The summed E-state index contributed by atoms with van der Waals surface area (Å²) in [6, 6.07) is 10.2. The molecule has 0 unspecified atom stereocenters. The third kappa shape index (κ3) is 2.32. The lowest BCUT2D eigenvalue weighted by Gasteiger charge is -2.08. The van der Waals surface area contributed by atoms with Crippen LogP contribution in [-0.4, -0.2) is 21.5 Å². The first kappa shape index (κ1) is 12.5. The van der Waals surface area contributed by atoms with Crippen molar-refractivity contribution in [1.29, 1.82) is 0 Å². The maximum atomic E-state index is 4.58. The van der Waals surface area contributed by atoms with Gasteiger partial charge in [-0.1, -0.05) is 18.2 Å². The summed E-state index contributed by atoms with van der Waals surface area (Å²) in [5.41, 5.74) is 3.98. The zero-order valence-corrected chi connectivity index (χ0v) is 11.6. The molecule has 0 saturated heterocycles. The molecule has 3 aromatic rings. The van der Waals surface area contributed by atoms with E-state index in [-0.39, 0.29) is 0 Å². The molecule has 0 bridgehead atoms. The number of para-hydroxylation sites is 1. The Morgan fingerprint density at radius 3 is 2.80 bits per heavy atom. The van der Waals surface area contributed by atoms with Gasteiger partial charge in [-0.25, -0.2) is 9.97 Å². The predicted octanol–water partition coefficient (Wildman–Crippen LogP) is 3.43. The van der Waals surface area contributed by atoms with Crippen LogP contribution in [0, 0.1) is 6.92 Å². The summed E-state index contributed by atoms with van der Waals surface area (Å²) in [5, 5.41) is 4.26. The molecule has 0 aliphatic carbocycles. The zero-order chi connectivity index (χ0) is 13.9. The SMILES string of the molecule is CCNc1ncc(C)c(-c2cnc3ccccc3c2)n1. The largest absolute Gasteiger partial charge is 0.354 e. The highest BCUT2D eigenvalue weighted by Gasteiger charge is 2.07. The van der Waals surface area contributed by atoms with Crippen molar-refractivity contribution in [2.75, 3.05) is 11.9 Å². The predicted molar refractivity (Wildman–Crippen MR) is 81.7 cm³/mol. The fraction of sp³-hybridized carbons (Fsp3) is 0.188. The number of rotatable bonds is 3. The van der Waals surface area contributed by atoms with Crippen molar-refractivity contribution in [3.05, 3.63) is 48.3 Å². The molecule has 0 radical (unpaired) electrons. The van der Waals surface area contributed by atoms with Gasteiger partial charge in [-0.3, -0.25) is 4.98 Å². The number of pyridine rings is 1. The van der Waals surface area contributed by atoms with Gasteiger partial charge in [-0.2, -0.15) is 0 Å². The van der Waals surface area contributed by atoms with Gasteiger partial charge in [0.05, 0.1) is 11.2 Å². The van der Waals surface area contributed by atoms with Crippen molar-refractivity contribution in [3.63, 3.8) is 0 Å². The van der Waals surface area contributed by atoms with Crippen LogP contribution in [0.2, 0.25) is 0 Å². The second kappa shape index (κ2) is 5.25.